The molecule has 0 radical (unpaired) electrons. The van der Waals surface area contributed by atoms with E-state index in [4.69, 9.17) is 0 Å². The van der Waals surface area contributed by atoms with Crippen molar-refractivity contribution in [3.63, 3.8) is 0 Å². The van der Waals surface area contributed by atoms with Crippen LogP contribution >= 0.6 is 0 Å². The average molecular weight is 855 g/mol. The first-order valence-corrected chi connectivity index (χ1v) is 25.9. The van der Waals surface area contributed by atoms with Gasteiger partial charge in [-0.25, -0.2) is 0 Å². The number of rotatable bonds is 9. The van der Waals surface area contributed by atoms with Crippen molar-refractivity contribution in [3.8, 4) is 22.5 Å². The van der Waals surface area contributed by atoms with E-state index in [0.29, 0.717) is 16.7 Å². The number of nitrogens with zero attached hydrogens (tertiary/aromatic N) is 2. The Balaban J connectivity index is 0.790. The summed E-state index contributed by atoms with van der Waals surface area (Å²) in [6, 6.07) is 52.6. The van der Waals surface area contributed by atoms with Gasteiger partial charge in [0.25, 0.3) is 0 Å². The van der Waals surface area contributed by atoms with Gasteiger partial charge in [-0.1, -0.05) is 133 Å². The van der Waals surface area contributed by atoms with Crippen molar-refractivity contribution in [1.29, 1.82) is 0 Å². The van der Waals surface area contributed by atoms with Gasteiger partial charge in [-0.05, 0) is 193 Å². The summed E-state index contributed by atoms with van der Waals surface area (Å²) in [7, 11) is 0. The first-order chi connectivity index (χ1) is 31.7. The van der Waals surface area contributed by atoms with E-state index in [2.05, 4.69) is 183 Å². The second-order valence-corrected chi connectivity index (χ2v) is 22.8. The molecule has 0 saturated heterocycles. The minimum absolute atomic E-state index is 0.524. The monoisotopic (exact) mass is 855 g/mol. The van der Waals surface area contributed by atoms with Crippen molar-refractivity contribution < 1.29 is 0 Å². The Labute approximate surface area is 388 Å². The van der Waals surface area contributed by atoms with Crippen LogP contribution in [0.2, 0.25) is 0 Å². The third-order valence-corrected chi connectivity index (χ3v) is 19.2. The summed E-state index contributed by atoms with van der Waals surface area (Å²) < 4.78 is 4.91. The highest BCUT2D eigenvalue weighted by molar-refractivity contribution is 6.12. The summed E-state index contributed by atoms with van der Waals surface area (Å²) in [5.41, 5.74) is 12.7. The van der Waals surface area contributed by atoms with Crippen molar-refractivity contribution in [2.24, 2.45) is 52.3 Å². The van der Waals surface area contributed by atoms with Crippen LogP contribution in [-0.4, -0.2) is 9.13 Å². The van der Waals surface area contributed by atoms with Crippen LogP contribution < -0.4 is 0 Å². The Morgan fingerprint density at radius 2 is 1.08 bits per heavy atom. The van der Waals surface area contributed by atoms with Crippen LogP contribution in [0, 0.1) is 52.3 Å². The third-order valence-electron chi connectivity index (χ3n) is 19.2. The standard InChI is InChI=1S/C63H70N2/c1-41(2)14-13-15-42(3)55-30-31-56-52-29-26-47-38-46(34-36-62(47,4)57(52)35-37-63(55,56)5)43-22-27-49(28-23-43)65-59-21-12-10-19-51(59)54-40-45(25-33-61(54)65)44-24-32-60-53(39-44)50-18-9-11-20-58(50)64(60)48-16-7-6-8-17-48/h6-12,16-25,27-28,32-33,39-42,46-47,52,55-57H,13-15,26,29-31,34-38H2,1-5H3/t42-,46?,47+,52+,55-,56+,57+,62+,63-/m1/s1. The molecule has 6 aromatic carbocycles. The molecule has 4 aliphatic carbocycles. The smallest absolute Gasteiger partial charge is 0.0541 e. The van der Waals surface area contributed by atoms with Crippen molar-refractivity contribution in [2.45, 2.75) is 118 Å². The van der Waals surface area contributed by atoms with Gasteiger partial charge in [0.05, 0.1) is 22.1 Å². The van der Waals surface area contributed by atoms with Gasteiger partial charge in [-0.15, -0.1) is 0 Å². The van der Waals surface area contributed by atoms with Crippen LogP contribution in [0.3, 0.4) is 0 Å². The summed E-state index contributed by atoms with van der Waals surface area (Å²) in [5.74, 6) is 7.11. The SMILES string of the molecule is CC(C)CCC[C@@H](C)[C@H]1CC[C@H]2[C@@H]3CC[C@H]4CC(c5ccc(-n6c7ccccc7c7cc(-c8ccc9c(c8)c8ccccc8n9-c8ccccc8)ccc76)cc5)CC[C@]4(C)[C@H]3CC[C@]12C. The quantitative estimate of drug-likeness (QED) is 0.137. The lowest BCUT2D eigenvalue weighted by atomic mass is 9.43. The predicted molar refractivity (Wildman–Crippen MR) is 276 cm³/mol. The number of fused-ring (bicyclic) bond motifs is 11. The Hall–Kier alpha value is -5.08. The Kier molecular flexibility index (Phi) is 10.2. The molecular formula is C63H70N2. The molecule has 2 heterocycles. The Morgan fingerprint density at radius 3 is 1.72 bits per heavy atom. The molecule has 8 aromatic rings. The highest BCUT2D eigenvalue weighted by Crippen LogP contribution is 2.69. The van der Waals surface area contributed by atoms with Crippen molar-refractivity contribution in [3.05, 3.63) is 145 Å². The molecule has 4 fully saturated rings. The van der Waals surface area contributed by atoms with Gasteiger partial charge in [0.15, 0.2) is 0 Å². The van der Waals surface area contributed by atoms with E-state index >= 15 is 0 Å². The largest absolute Gasteiger partial charge is 0.309 e. The lowest BCUT2D eigenvalue weighted by Gasteiger charge is -2.61. The normalized spacial score (nSPS) is 28.2. The number of aromatic nitrogens is 2. The van der Waals surface area contributed by atoms with E-state index < -0.39 is 0 Å². The van der Waals surface area contributed by atoms with E-state index in [1.54, 1.807) is 5.56 Å². The van der Waals surface area contributed by atoms with Gasteiger partial charge in [0.1, 0.15) is 0 Å². The molecule has 2 heteroatoms. The molecule has 0 spiro atoms. The molecule has 0 amide bonds. The number of benzene rings is 6. The van der Waals surface area contributed by atoms with Gasteiger partial charge in [0.2, 0.25) is 0 Å². The minimum atomic E-state index is 0.524. The van der Waals surface area contributed by atoms with E-state index in [0.717, 1.165) is 41.4 Å². The van der Waals surface area contributed by atoms with Gasteiger partial charge in [-0.3, -0.25) is 0 Å². The molecule has 1 unspecified atom stereocenters. The fourth-order valence-corrected chi connectivity index (χ4v) is 15.9. The van der Waals surface area contributed by atoms with Crippen molar-refractivity contribution in [1.82, 2.24) is 9.13 Å². The summed E-state index contributed by atoms with van der Waals surface area (Å²) in [5, 5.41) is 5.19. The second-order valence-electron chi connectivity index (χ2n) is 22.8. The van der Waals surface area contributed by atoms with Crippen LogP contribution in [0.1, 0.15) is 123 Å². The zero-order valence-corrected chi connectivity index (χ0v) is 39.8. The van der Waals surface area contributed by atoms with Crippen LogP contribution in [0.5, 0.6) is 0 Å². The van der Waals surface area contributed by atoms with Crippen molar-refractivity contribution >= 4 is 43.6 Å². The second kappa shape index (κ2) is 16.1. The average Bonchev–Trinajstić information content (AvgIpc) is 3.98. The van der Waals surface area contributed by atoms with E-state index in [9.17, 15) is 0 Å². The Bertz CT molecular complexity index is 3020. The van der Waals surface area contributed by atoms with Crippen LogP contribution in [-0.2, 0) is 0 Å². The molecule has 332 valence electrons. The Morgan fingerprint density at radius 1 is 0.508 bits per heavy atom. The van der Waals surface area contributed by atoms with Crippen LogP contribution in [0.4, 0.5) is 0 Å². The summed E-state index contributed by atoms with van der Waals surface area (Å²) in [6.07, 6.45) is 17.4. The maximum Gasteiger partial charge on any atom is 0.0541 e. The molecular weight excluding hydrogens is 785 g/mol. The lowest BCUT2D eigenvalue weighted by Crippen LogP contribution is -2.53. The molecule has 0 aliphatic heterocycles. The molecule has 2 nitrogen and oxygen atoms in total. The fraction of sp³-hybridized carbons (Fsp3) is 0.429. The van der Waals surface area contributed by atoms with Crippen LogP contribution in [0.25, 0.3) is 66.1 Å². The summed E-state index contributed by atoms with van der Waals surface area (Å²) >= 11 is 0. The third kappa shape index (κ3) is 6.69. The maximum atomic E-state index is 2.77. The molecule has 0 bridgehead atoms. The maximum absolute atomic E-state index is 2.77. The molecule has 12 rings (SSSR count). The number of para-hydroxylation sites is 3. The molecule has 0 N–H and O–H groups in total. The van der Waals surface area contributed by atoms with Crippen molar-refractivity contribution in [2.75, 3.05) is 0 Å². The van der Waals surface area contributed by atoms with E-state index in [1.165, 1.54) is 143 Å². The summed E-state index contributed by atoms with van der Waals surface area (Å²) in [6.45, 7) is 13.0. The molecule has 65 heavy (non-hydrogen) atoms. The van der Waals surface area contributed by atoms with Gasteiger partial charge in [-0.2, -0.15) is 0 Å². The number of hydrogen-bond donors (Lipinski definition) is 0. The first kappa shape index (κ1) is 41.4. The lowest BCUT2D eigenvalue weighted by molar-refractivity contribution is -0.117. The molecule has 9 atom stereocenters. The minimum Gasteiger partial charge on any atom is -0.309 e. The summed E-state index contributed by atoms with van der Waals surface area (Å²) in [4.78, 5) is 0. The fourth-order valence-electron chi connectivity index (χ4n) is 15.9. The number of hydrogen-bond acceptors (Lipinski definition) is 0. The molecule has 4 aliphatic rings. The zero-order valence-electron chi connectivity index (χ0n) is 39.8. The predicted octanol–water partition coefficient (Wildman–Crippen LogP) is 17.8. The van der Waals surface area contributed by atoms with Crippen LogP contribution in [0.15, 0.2) is 140 Å². The van der Waals surface area contributed by atoms with Gasteiger partial charge in [0, 0.05) is 32.9 Å². The van der Waals surface area contributed by atoms with Gasteiger partial charge < -0.3 is 9.13 Å². The van der Waals surface area contributed by atoms with Gasteiger partial charge >= 0.3 is 0 Å². The first-order valence-electron chi connectivity index (χ1n) is 25.9. The highest BCUT2D eigenvalue weighted by Gasteiger charge is 2.60. The van der Waals surface area contributed by atoms with E-state index in [-0.39, 0.29) is 0 Å². The van der Waals surface area contributed by atoms with E-state index in [1.807, 2.05) is 0 Å². The highest BCUT2D eigenvalue weighted by atomic mass is 15.0. The topological polar surface area (TPSA) is 9.86 Å². The molecule has 4 saturated carbocycles. The molecule has 2 aromatic heterocycles. The zero-order chi connectivity index (χ0) is 44.0.